The minimum atomic E-state index is -4.51. The molecule has 1 saturated heterocycles. The average Bonchev–Trinajstić information content (AvgIpc) is 3.61. The fraction of sp³-hybridized carbons (Fsp3) is 0.345. The topological polar surface area (TPSA) is 80.2 Å². The third kappa shape index (κ3) is 5.95. The van der Waals surface area contributed by atoms with Crippen LogP contribution >= 0.6 is 11.8 Å². The molecule has 2 atom stereocenters. The summed E-state index contributed by atoms with van der Waals surface area (Å²) in [6.45, 7) is 2.86. The number of aliphatic imine (C=N–C) groups is 1. The summed E-state index contributed by atoms with van der Waals surface area (Å²) < 4.78 is 51.1. The van der Waals surface area contributed by atoms with Crippen LogP contribution in [0.1, 0.15) is 48.9 Å². The molecule has 40 heavy (non-hydrogen) atoms. The Morgan fingerprint density at radius 1 is 1.15 bits per heavy atom. The van der Waals surface area contributed by atoms with Crippen molar-refractivity contribution in [3.05, 3.63) is 88.0 Å². The zero-order valence-corrected chi connectivity index (χ0v) is 22.6. The molecule has 0 spiro atoms. The maximum atomic E-state index is 13.5. The Balaban J connectivity index is 1.54. The summed E-state index contributed by atoms with van der Waals surface area (Å²) in [7, 11) is 0. The van der Waals surface area contributed by atoms with Gasteiger partial charge in [-0.2, -0.15) is 13.2 Å². The lowest BCUT2D eigenvalue weighted by Gasteiger charge is -2.37. The van der Waals surface area contributed by atoms with Crippen molar-refractivity contribution in [2.24, 2.45) is 4.99 Å². The number of fused-ring (bicyclic) bond motifs is 1. The van der Waals surface area contributed by atoms with Gasteiger partial charge in [0.15, 0.2) is 5.17 Å². The summed E-state index contributed by atoms with van der Waals surface area (Å²) >= 11 is 1.29. The highest BCUT2D eigenvalue weighted by Gasteiger charge is 2.42. The number of rotatable bonds is 8. The molecule has 2 aromatic rings. The molecule has 1 amide bonds. The summed E-state index contributed by atoms with van der Waals surface area (Å²) in [5, 5.41) is 5.21. The van der Waals surface area contributed by atoms with Crippen LogP contribution < -0.4 is 5.32 Å². The molecule has 3 aliphatic rings. The molecule has 0 radical (unpaired) electrons. The van der Waals surface area contributed by atoms with Crippen LogP contribution in [0.5, 0.6) is 0 Å². The lowest BCUT2D eigenvalue weighted by Crippen LogP contribution is -2.39. The van der Waals surface area contributed by atoms with Gasteiger partial charge < -0.3 is 19.7 Å². The number of nitrogens with zero attached hydrogens (tertiary/aromatic N) is 2. The first kappa shape index (κ1) is 28.0. The van der Waals surface area contributed by atoms with Gasteiger partial charge in [-0.15, -0.1) is 0 Å². The first-order chi connectivity index (χ1) is 19.3. The van der Waals surface area contributed by atoms with Crippen LogP contribution in [0.3, 0.4) is 0 Å². The number of alkyl halides is 3. The van der Waals surface area contributed by atoms with E-state index in [9.17, 15) is 22.8 Å². The molecule has 3 heterocycles. The van der Waals surface area contributed by atoms with Crippen LogP contribution in [0, 0.1) is 0 Å². The van der Waals surface area contributed by atoms with Crippen molar-refractivity contribution in [1.82, 2.24) is 10.2 Å². The SMILES string of the molecule is CCOC(=O)C1=C(c2ccccc2)N=C2SC=C(CC(=O)NC[C@H]3CCCO3)N2[C@@H]1c1ccc(C(F)(F)F)cc1. The second-order valence-electron chi connectivity index (χ2n) is 9.48. The number of esters is 1. The van der Waals surface area contributed by atoms with E-state index in [1.807, 2.05) is 30.3 Å². The molecule has 11 heteroatoms. The molecule has 0 aliphatic carbocycles. The number of thioether (sulfide) groups is 1. The smallest absolute Gasteiger partial charge is 0.416 e. The van der Waals surface area contributed by atoms with Gasteiger partial charge in [-0.1, -0.05) is 54.2 Å². The van der Waals surface area contributed by atoms with Crippen LogP contribution in [-0.4, -0.2) is 47.8 Å². The summed E-state index contributed by atoms with van der Waals surface area (Å²) in [4.78, 5) is 32.9. The predicted octanol–water partition coefficient (Wildman–Crippen LogP) is 5.67. The summed E-state index contributed by atoms with van der Waals surface area (Å²) in [6.07, 6.45) is -2.70. The van der Waals surface area contributed by atoms with Gasteiger partial charge in [-0.3, -0.25) is 4.79 Å². The van der Waals surface area contributed by atoms with E-state index in [4.69, 9.17) is 14.5 Å². The second kappa shape index (κ2) is 11.9. The molecule has 0 unspecified atom stereocenters. The summed E-state index contributed by atoms with van der Waals surface area (Å²) in [5.74, 6) is -0.863. The van der Waals surface area contributed by atoms with Gasteiger partial charge in [0.25, 0.3) is 0 Å². The molecular weight excluding hydrogens is 543 g/mol. The summed E-state index contributed by atoms with van der Waals surface area (Å²) in [5.41, 5.74) is 1.44. The number of carbonyl (C=O) groups is 2. The predicted molar refractivity (Wildman–Crippen MR) is 146 cm³/mol. The number of halogens is 3. The van der Waals surface area contributed by atoms with Gasteiger partial charge in [0.2, 0.25) is 5.91 Å². The molecule has 2 aromatic carbocycles. The van der Waals surface area contributed by atoms with Gasteiger partial charge in [-0.25, -0.2) is 9.79 Å². The van der Waals surface area contributed by atoms with Crippen molar-refractivity contribution in [1.29, 1.82) is 0 Å². The highest BCUT2D eigenvalue weighted by molar-refractivity contribution is 8.16. The third-order valence-electron chi connectivity index (χ3n) is 6.80. The van der Waals surface area contributed by atoms with Crippen molar-refractivity contribution >= 4 is 34.5 Å². The van der Waals surface area contributed by atoms with E-state index in [2.05, 4.69) is 5.32 Å². The van der Waals surface area contributed by atoms with E-state index in [-0.39, 0.29) is 30.6 Å². The highest BCUT2D eigenvalue weighted by atomic mass is 32.2. The number of amides is 1. The Bertz CT molecular complexity index is 1350. The number of carbonyl (C=O) groups excluding carboxylic acids is 2. The van der Waals surface area contributed by atoms with E-state index >= 15 is 0 Å². The quantitative estimate of drug-likeness (QED) is 0.412. The van der Waals surface area contributed by atoms with Crippen molar-refractivity contribution in [3.63, 3.8) is 0 Å². The van der Waals surface area contributed by atoms with Crippen LogP contribution in [0.2, 0.25) is 0 Å². The Morgan fingerprint density at radius 2 is 1.90 bits per heavy atom. The zero-order valence-electron chi connectivity index (χ0n) is 21.7. The molecule has 5 rings (SSSR count). The minimum absolute atomic E-state index is 0.00729. The van der Waals surface area contributed by atoms with Crippen molar-refractivity contribution < 1.29 is 32.2 Å². The van der Waals surface area contributed by atoms with Crippen LogP contribution in [0.25, 0.3) is 5.70 Å². The molecule has 1 fully saturated rings. The standard InChI is InChI=1S/C29H28F3N3O4S/c1-2-38-27(37)24-25(18-7-4-3-5-8-18)34-28-35(26(24)19-10-12-20(13-11-19)29(30,31)32)21(17-40-28)15-23(36)33-16-22-9-6-14-39-22/h3-5,7-8,10-13,17,22,26H,2,6,9,14-16H2,1H3,(H,33,36)/t22-,26-/m1/s1. The minimum Gasteiger partial charge on any atom is -0.463 e. The molecule has 7 nitrogen and oxygen atoms in total. The number of ether oxygens (including phenoxy) is 2. The number of hydrogen-bond donors (Lipinski definition) is 1. The van der Waals surface area contributed by atoms with E-state index < -0.39 is 23.8 Å². The van der Waals surface area contributed by atoms with E-state index in [1.165, 1.54) is 23.9 Å². The average molecular weight is 572 g/mol. The van der Waals surface area contributed by atoms with Crippen molar-refractivity contribution in [3.8, 4) is 0 Å². The molecule has 1 N–H and O–H groups in total. The number of nitrogens with one attached hydrogen (secondary N) is 1. The highest BCUT2D eigenvalue weighted by Crippen LogP contribution is 2.47. The van der Waals surface area contributed by atoms with Crippen molar-refractivity contribution in [2.75, 3.05) is 19.8 Å². The van der Waals surface area contributed by atoms with E-state index in [0.29, 0.717) is 40.8 Å². The number of amidine groups is 1. The number of benzene rings is 2. The van der Waals surface area contributed by atoms with Crippen LogP contribution in [0.15, 0.2) is 76.3 Å². The Hall–Kier alpha value is -3.57. The first-order valence-corrected chi connectivity index (χ1v) is 13.9. The lowest BCUT2D eigenvalue weighted by atomic mass is 9.91. The fourth-order valence-corrected chi connectivity index (χ4v) is 5.84. The van der Waals surface area contributed by atoms with Gasteiger partial charge >= 0.3 is 12.1 Å². The second-order valence-corrected chi connectivity index (χ2v) is 10.3. The Labute approximate surface area is 234 Å². The molecule has 210 valence electrons. The maximum Gasteiger partial charge on any atom is 0.416 e. The van der Waals surface area contributed by atoms with Crippen LogP contribution in [0.4, 0.5) is 13.2 Å². The first-order valence-electron chi connectivity index (χ1n) is 13.0. The summed E-state index contributed by atoms with van der Waals surface area (Å²) in [6, 6.07) is 12.9. The normalized spacial score (nSPS) is 20.6. The van der Waals surface area contributed by atoms with E-state index in [0.717, 1.165) is 25.0 Å². The van der Waals surface area contributed by atoms with E-state index in [1.54, 1.807) is 17.2 Å². The zero-order chi connectivity index (χ0) is 28.3. The third-order valence-corrected chi connectivity index (χ3v) is 7.69. The number of hydrogen-bond acceptors (Lipinski definition) is 7. The van der Waals surface area contributed by atoms with Gasteiger partial charge in [0.1, 0.15) is 0 Å². The molecule has 0 aromatic heterocycles. The van der Waals surface area contributed by atoms with Gasteiger partial charge in [0.05, 0.1) is 42.0 Å². The van der Waals surface area contributed by atoms with Crippen molar-refractivity contribution in [2.45, 2.75) is 44.5 Å². The molecule has 0 saturated carbocycles. The van der Waals surface area contributed by atoms with Gasteiger partial charge in [-0.05, 0) is 42.9 Å². The molecule has 0 bridgehead atoms. The fourth-order valence-electron chi connectivity index (χ4n) is 4.92. The maximum absolute atomic E-state index is 13.5. The molecule has 3 aliphatic heterocycles. The monoisotopic (exact) mass is 571 g/mol. The lowest BCUT2D eigenvalue weighted by molar-refractivity contribution is -0.139. The molecular formula is C29H28F3N3O4S. The largest absolute Gasteiger partial charge is 0.463 e. The van der Waals surface area contributed by atoms with Crippen LogP contribution in [-0.2, 0) is 25.2 Å². The Kier molecular flexibility index (Phi) is 8.32. The van der Waals surface area contributed by atoms with Gasteiger partial charge in [0, 0.05) is 24.4 Å². The Morgan fingerprint density at radius 3 is 2.55 bits per heavy atom.